The second kappa shape index (κ2) is 7.41. The second-order valence-electron chi connectivity index (χ2n) is 5.39. The molecule has 0 aromatic rings. The molecule has 2 heteroatoms. The Morgan fingerprint density at radius 1 is 1.18 bits per heavy atom. The molecular weight excluding hydrogens is 208 g/mol. The molecule has 0 aliphatic heterocycles. The molecule has 1 unspecified atom stereocenters. The summed E-state index contributed by atoms with van der Waals surface area (Å²) < 4.78 is 0. The first-order chi connectivity index (χ1) is 7.81. The molecule has 1 atom stereocenters. The summed E-state index contributed by atoms with van der Waals surface area (Å²) in [6, 6.07) is 0.778. The van der Waals surface area contributed by atoms with Crippen molar-refractivity contribution in [1.82, 2.24) is 10.2 Å². The summed E-state index contributed by atoms with van der Waals surface area (Å²) in [5.41, 5.74) is 2.28. The van der Waals surface area contributed by atoms with Gasteiger partial charge in [-0.3, -0.25) is 0 Å². The van der Waals surface area contributed by atoms with E-state index in [0.29, 0.717) is 18.0 Å². The molecule has 0 amide bonds. The summed E-state index contributed by atoms with van der Waals surface area (Å²) in [4.78, 5) is 2.27. The molecule has 0 aliphatic carbocycles. The van der Waals surface area contributed by atoms with E-state index < -0.39 is 0 Å². The van der Waals surface area contributed by atoms with Crippen molar-refractivity contribution in [2.45, 2.75) is 59.5 Å². The minimum atomic E-state index is 0.345. The zero-order chi connectivity index (χ0) is 13.6. The Hall–Kier alpha value is -0.920. The van der Waals surface area contributed by atoms with Crippen LogP contribution in [-0.2, 0) is 0 Å². The average Bonchev–Trinajstić information content (AvgIpc) is 2.22. The molecule has 0 rings (SSSR count). The minimum Gasteiger partial charge on any atom is -0.385 e. The van der Waals surface area contributed by atoms with Gasteiger partial charge in [0.2, 0.25) is 0 Å². The van der Waals surface area contributed by atoms with Crippen molar-refractivity contribution in [2.75, 3.05) is 7.05 Å². The molecular formula is C15H30N2. The van der Waals surface area contributed by atoms with Crippen molar-refractivity contribution < 1.29 is 0 Å². The second-order valence-corrected chi connectivity index (χ2v) is 5.39. The van der Waals surface area contributed by atoms with Gasteiger partial charge in [-0.25, -0.2) is 0 Å². The van der Waals surface area contributed by atoms with Crippen molar-refractivity contribution in [2.24, 2.45) is 5.92 Å². The zero-order valence-corrected chi connectivity index (χ0v) is 12.5. The minimum absolute atomic E-state index is 0.345. The molecule has 0 radical (unpaired) electrons. The molecule has 0 heterocycles. The van der Waals surface area contributed by atoms with Gasteiger partial charge >= 0.3 is 0 Å². The monoisotopic (exact) mass is 238 g/mol. The molecule has 1 N–H and O–H groups in total. The molecule has 0 aliphatic rings. The fourth-order valence-corrected chi connectivity index (χ4v) is 1.95. The topological polar surface area (TPSA) is 15.3 Å². The van der Waals surface area contributed by atoms with Crippen molar-refractivity contribution in [3.05, 3.63) is 24.6 Å². The maximum absolute atomic E-state index is 4.18. The van der Waals surface area contributed by atoms with Crippen LogP contribution in [0.3, 0.4) is 0 Å². The predicted molar refractivity (Wildman–Crippen MR) is 77.8 cm³/mol. The van der Waals surface area contributed by atoms with Gasteiger partial charge in [-0.15, -0.1) is 0 Å². The molecule has 17 heavy (non-hydrogen) atoms. The maximum Gasteiger partial charge on any atom is 0.0676 e. The Balaban J connectivity index is 4.71. The third-order valence-electron chi connectivity index (χ3n) is 3.03. The maximum atomic E-state index is 4.18. The SMILES string of the molecule is C=C(NC(C)C)C(CCC)N(C)C(=C)C(C)C. The highest BCUT2D eigenvalue weighted by Gasteiger charge is 2.20. The molecule has 0 aromatic heterocycles. The summed E-state index contributed by atoms with van der Waals surface area (Å²) in [6.07, 6.45) is 2.26. The smallest absolute Gasteiger partial charge is 0.0676 e. The highest BCUT2D eigenvalue weighted by atomic mass is 15.2. The van der Waals surface area contributed by atoms with Crippen LogP contribution in [0, 0.1) is 5.92 Å². The summed E-state index contributed by atoms with van der Waals surface area (Å²) in [7, 11) is 2.12. The van der Waals surface area contributed by atoms with Crippen molar-refractivity contribution in [3.8, 4) is 0 Å². The van der Waals surface area contributed by atoms with Crippen LogP contribution < -0.4 is 5.32 Å². The van der Waals surface area contributed by atoms with Gasteiger partial charge in [0, 0.05) is 24.5 Å². The predicted octanol–water partition coefficient (Wildman–Crippen LogP) is 3.77. The van der Waals surface area contributed by atoms with Gasteiger partial charge in [-0.2, -0.15) is 0 Å². The quantitative estimate of drug-likeness (QED) is 0.692. The third-order valence-corrected chi connectivity index (χ3v) is 3.03. The Bertz CT molecular complexity index is 254. The van der Waals surface area contributed by atoms with Crippen LogP contribution in [0.25, 0.3) is 0 Å². The Morgan fingerprint density at radius 3 is 2.06 bits per heavy atom. The number of rotatable bonds is 8. The lowest BCUT2D eigenvalue weighted by Crippen LogP contribution is -2.40. The highest BCUT2D eigenvalue weighted by Crippen LogP contribution is 2.20. The van der Waals surface area contributed by atoms with Crippen LogP contribution in [0.15, 0.2) is 24.6 Å². The van der Waals surface area contributed by atoms with E-state index in [1.165, 1.54) is 5.70 Å². The van der Waals surface area contributed by atoms with E-state index in [-0.39, 0.29) is 0 Å². The normalized spacial score (nSPS) is 12.7. The number of hydrogen-bond acceptors (Lipinski definition) is 2. The van der Waals surface area contributed by atoms with E-state index >= 15 is 0 Å². The first-order valence-corrected chi connectivity index (χ1v) is 6.68. The fraction of sp³-hybridized carbons (Fsp3) is 0.733. The van der Waals surface area contributed by atoms with Gasteiger partial charge in [0.25, 0.3) is 0 Å². The summed E-state index contributed by atoms with van der Waals surface area (Å²) in [5, 5.41) is 3.43. The van der Waals surface area contributed by atoms with Crippen molar-refractivity contribution >= 4 is 0 Å². The van der Waals surface area contributed by atoms with Gasteiger partial charge in [0.1, 0.15) is 0 Å². The van der Waals surface area contributed by atoms with E-state index in [2.05, 4.69) is 65.0 Å². The number of likely N-dealkylation sites (N-methyl/N-ethyl adjacent to an activating group) is 1. The highest BCUT2D eigenvalue weighted by molar-refractivity contribution is 5.10. The Morgan fingerprint density at radius 2 is 1.71 bits per heavy atom. The summed E-state index contributed by atoms with van der Waals surface area (Å²) in [6.45, 7) is 19.2. The molecule has 0 bridgehead atoms. The van der Waals surface area contributed by atoms with E-state index in [9.17, 15) is 0 Å². The lowest BCUT2D eigenvalue weighted by atomic mass is 10.0. The third kappa shape index (κ3) is 5.29. The van der Waals surface area contributed by atoms with Crippen molar-refractivity contribution in [1.29, 1.82) is 0 Å². The van der Waals surface area contributed by atoms with Crippen LogP contribution in [-0.4, -0.2) is 24.0 Å². The van der Waals surface area contributed by atoms with Crippen molar-refractivity contribution in [3.63, 3.8) is 0 Å². The van der Waals surface area contributed by atoms with Gasteiger partial charge in [-0.1, -0.05) is 40.3 Å². The van der Waals surface area contributed by atoms with E-state index in [1.807, 2.05) is 0 Å². The zero-order valence-electron chi connectivity index (χ0n) is 12.5. The summed E-state index contributed by atoms with van der Waals surface area (Å²) in [5.74, 6) is 0.478. The van der Waals surface area contributed by atoms with Crippen LogP contribution in [0.2, 0.25) is 0 Å². The van der Waals surface area contributed by atoms with Crippen LogP contribution in [0.5, 0.6) is 0 Å². The molecule has 0 aromatic carbocycles. The molecule has 0 saturated heterocycles. The molecule has 2 nitrogen and oxygen atoms in total. The van der Waals surface area contributed by atoms with Gasteiger partial charge < -0.3 is 10.2 Å². The fourth-order valence-electron chi connectivity index (χ4n) is 1.95. The van der Waals surface area contributed by atoms with Crippen LogP contribution in [0.1, 0.15) is 47.5 Å². The molecule has 100 valence electrons. The molecule has 0 saturated carbocycles. The van der Waals surface area contributed by atoms with E-state index in [1.54, 1.807) is 0 Å². The van der Waals surface area contributed by atoms with E-state index in [4.69, 9.17) is 0 Å². The van der Waals surface area contributed by atoms with Crippen LogP contribution in [0.4, 0.5) is 0 Å². The lowest BCUT2D eigenvalue weighted by molar-refractivity contribution is 0.284. The van der Waals surface area contributed by atoms with E-state index in [0.717, 1.165) is 18.5 Å². The first kappa shape index (κ1) is 16.1. The summed E-state index contributed by atoms with van der Waals surface area (Å²) >= 11 is 0. The molecule has 0 spiro atoms. The molecule has 0 fully saturated rings. The number of hydrogen-bond donors (Lipinski definition) is 1. The van der Waals surface area contributed by atoms with Gasteiger partial charge in [-0.05, 0) is 26.2 Å². The average molecular weight is 238 g/mol. The number of nitrogens with zero attached hydrogens (tertiary/aromatic N) is 1. The largest absolute Gasteiger partial charge is 0.385 e. The lowest BCUT2D eigenvalue weighted by Gasteiger charge is -2.35. The van der Waals surface area contributed by atoms with Gasteiger partial charge in [0.15, 0.2) is 0 Å². The standard InChI is InChI=1S/C15H30N2/c1-9-10-15(13(6)16-12(4)5)17(8)14(7)11(2)3/h11-12,15-16H,6-7,9-10H2,1-5,8H3. The first-order valence-electron chi connectivity index (χ1n) is 6.68. The van der Waals surface area contributed by atoms with Crippen LogP contribution >= 0.6 is 0 Å². The Labute approximate surface area is 108 Å². The Kier molecular flexibility index (Phi) is 7.01. The number of nitrogens with one attached hydrogen (secondary N) is 1. The number of allylic oxidation sites excluding steroid dienone is 1. The van der Waals surface area contributed by atoms with Gasteiger partial charge in [0.05, 0.1) is 6.04 Å².